The molecule has 4 aromatic carbocycles. The standard InChI is InChI=1S/2C25H29.C4H11Si.2ClH.Zr/c2*1-2-19-12-14-22(15-13-19)24-11-7-10-23-17-21(18-25(23)24)16-20-8-5-3-4-6-9-20;1-3-4-5-2;;;/h2*7,10-15,17-18,20H,2-6,8-9,16H2,1H3;5H,3-4H2,1-2H3;2*1H;/q;;;;;+2/p-2. The Labute approximate surface area is 361 Å². The van der Waals surface area contributed by atoms with Gasteiger partial charge >= 0.3 is 364 Å². The van der Waals surface area contributed by atoms with Crippen LogP contribution in [0.3, 0.4) is 0 Å². The Hall–Kier alpha value is -1.96. The van der Waals surface area contributed by atoms with Gasteiger partial charge in [-0.1, -0.05) is 0 Å². The summed E-state index contributed by atoms with van der Waals surface area (Å²) in [5.41, 5.74) is 17.1. The van der Waals surface area contributed by atoms with Crippen LogP contribution in [-0.2, 0) is 28.4 Å². The Balaban J connectivity index is 1.34. The van der Waals surface area contributed by atoms with Gasteiger partial charge in [0, 0.05) is 0 Å². The van der Waals surface area contributed by atoms with Crippen LogP contribution in [0.25, 0.3) is 34.4 Å². The number of allylic oxidation sites excluding steroid dienone is 2. The number of rotatable bonds is 13. The number of fused-ring (bicyclic) bond motifs is 2. The molecule has 4 aliphatic rings. The molecule has 2 fully saturated rings. The molecule has 0 amide bonds. The van der Waals surface area contributed by atoms with Crippen LogP contribution in [0.1, 0.15) is 158 Å². The van der Waals surface area contributed by atoms with E-state index in [1.54, 1.807) is 11.1 Å². The molecule has 58 heavy (non-hydrogen) atoms. The molecular weight excluding hydrogens is 839 g/mol. The molecular formula is C54H69Cl2SiZr. The topological polar surface area (TPSA) is 0 Å². The average molecular weight is 908 g/mol. The number of benzene rings is 4. The van der Waals surface area contributed by atoms with Crippen molar-refractivity contribution in [2.75, 3.05) is 0 Å². The van der Waals surface area contributed by atoms with Gasteiger partial charge in [-0.25, -0.2) is 0 Å². The zero-order valence-electron chi connectivity index (χ0n) is 36.1. The van der Waals surface area contributed by atoms with Crippen molar-refractivity contribution in [3.05, 3.63) is 129 Å². The fraction of sp³-hybridized carbons (Fsp3) is 0.481. The summed E-state index contributed by atoms with van der Waals surface area (Å²) in [5, 5.41) is 0. The van der Waals surface area contributed by atoms with E-state index in [1.807, 2.05) is 0 Å². The third-order valence-corrected chi connectivity index (χ3v) is 65.9. The minimum absolute atomic E-state index is 0.145. The SMILES string of the molecule is CCC[SiH](C)[Zr]([Cl])([Cl])([CH]1C(CC2CCCCCC2)=Cc2c(-c3ccc(CC)cc3)cccc21)[CH]1C(CC2CCCCCC2)=Cc2c(-c3ccc(CC)cc3)cccc21. The van der Waals surface area contributed by atoms with Gasteiger partial charge in [-0.05, 0) is 0 Å². The van der Waals surface area contributed by atoms with Crippen molar-refractivity contribution < 1.29 is 15.6 Å². The molecule has 4 aliphatic carbocycles. The molecule has 0 nitrogen and oxygen atoms in total. The van der Waals surface area contributed by atoms with Crippen molar-refractivity contribution in [3.8, 4) is 22.3 Å². The Morgan fingerprint density at radius 1 is 0.534 bits per heavy atom. The van der Waals surface area contributed by atoms with Crippen LogP contribution in [0.15, 0.2) is 96.1 Å². The molecule has 307 valence electrons. The van der Waals surface area contributed by atoms with Crippen molar-refractivity contribution in [2.24, 2.45) is 11.8 Å². The Morgan fingerprint density at radius 3 is 1.29 bits per heavy atom. The van der Waals surface area contributed by atoms with Crippen molar-refractivity contribution in [1.82, 2.24) is 0 Å². The van der Waals surface area contributed by atoms with Gasteiger partial charge in [-0.3, -0.25) is 0 Å². The van der Waals surface area contributed by atoms with E-state index in [4.69, 9.17) is 0 Å². The first-order chi connectivity index (χ1) is 28.2. The Morgan fingerprint density at radius 2 is 0.931 bits per heavy atom. The van der Waals surface area contributed by atoms with Crippen LogP contribution in [0.5, 0.6) is 0 Å². The zero-order chi connectivity index (χ0) is 40.3. The van der Waals surface area contributed by atoms with Crippen LogP contribution < -0.4 is 0 Å². The zero-order valence-corrected chi connectivity index (χ0v) is 41.2. The van der Waals surface area contributed by atoms with Crippen molar-refractivity contribution in [3.63, 3.8) is 0 Å². The quantitative estimate of drug-likeness (QED) is 0.0926. The fourth-order valence-corrected chi connectivity index (χ4v) is 53.4. The second-order valence-electron chi connectivity index (χ2n) is 19.1. The summed E-state index contributed by atoms with van der Waals surface area (Å²) in [5.74, 6) is -0.299. The van der Waals surface area contributed by atoms with Crippen LogP contribution in [0, 0.1) is 11.8 Å². The van der Waals surface area contributed by atoms with Gasteiger partial charge in [0.2, 0.25) is 0 Å². The second-order valence-corrected chi connectivity index (χ2v) is 60.4. The van der Waals surface area contributed by atoms with E-state index < -0.39 is 21.5 Å². The summed E-state index contributed by atoms with van der Waals surface area (Å²) < 4.78 is 0.291. The van der Waals surface area contributed by atoms with Crippen LogP contribution in [0.4, 0.5) is 0 Å². The van der Waals surface area contributed by atoms with E-state index in [-0.39, 0.29) is 7.25 Å². The summed E-state index contributed by atoms with van der Waals surface area (Å²) in [7, 11) is 18.6. The summed E-state index contributed by atoms with van der Waals surface area (Å²) in [6.07, 6.45) is 27.2. The van der Waals surface area contributed by atoms with Gasteiger partial charge in [0.05, 0.1) is 0 Å². The summed E-state index contributed by atoms with van der Waals surface area (Å²) in [6, 6.07) is 34.3. The molecule has 0 heterocycles. The van der Waals surface area contributed by atoms with Gasteiger partial charge < -0.3 is 0 Å². The summed E-state index contributed by atoms with van der Waals surface area (Å²) in [4.78, 5) is 0. The number of aryl methyl sites for hydroxylation is 2. The van der Waals surface area contributed by atoms with Crippen molar-refractivity contribution >= 4 is 35.1 Å². The number of hydrogen-bond acceptors (Lipinski definition) is 0. The molecule has 0 radical (unpaired) electrons. The first-order valence-corrected chi connectivity index (χ1v) is 39.6. The van der Waals surface area contributed by atoms with E-state index >= 15 is 0 Å². The maximum absolute atomic E-state index is 9.31. The molecule has 2 saturated carbocycles. The van der Waals surface area contributed by atoms with E-state index in [2.05, 4.69) is 124 Å². The average Bonchev–Trinajstić information content (AvgIpc) is 3.55. The predicted octanol–water partition coefficient (Wildman–Crippen LogP) is 17.2. The van der Waals surface area contributed by atoms with Gasteiger partial charge in [0.25, 0.3) is 0 Å². The molecule has 4 heteroatoms. The molecule has 3 unspecified atom stereocenters. The van der Waals surface area contributed by atoms with Crippen LogP contribution in [0.2, 0.25) is 12.6 Å². The summed E-state index contributed by atoms with van der Waals surface area (Å²) >= 11 is -5.07. The summed E-state index contributed by atoms with van der Waals surface area (Å²) in [6.45, 7) is 9.53. The molecule has 0 aliphatic heterocycles. The molecule has 0 bridgehead atoms. The molecule has 4 aromatic rings. The predicted molar refractivity (Wildman–Crippen MR) is 255 cm³/mol. The maximum atomic E-state index is 9.31. The van der Waals surface area contributed by atoms with E-state index in [0.717, 1.165) is 32.1 Å². The van der Waals surface area contributed by atoms with E-state index in [1.165, 1.54) is 139 Å². The Bertz CT molecular complexity index is 1950. The third kappa shape index (κ3) is 8.34. The molecule has 0 aromatic heterocycles. The first-order valence-electron chi connectivity index (χ1n) is 23.7. The van der Waals surface area contributed by atoms with Gasteiger partial charge in [0.15, 0.2) is 0 Å². The fourth-order valence-electron chi connectivity index (χ4n) is 12.2. The van der Waals surface area contributed by atoms with Crippen LogP contribution >= 0.6 is 17.0 Å². The molecule has 0 spiro atoms. The van der Waals surface area contributed by atoms with Gasteiger partial charge in [-0.2, -0.15) is 0 Å². The van der Waals surface area contributed by atoms with E-state index in [0.29, 0.717) is 11.8 Å². The molecule has 0 N–H and O–H groups in total. The first kappa shape index (κ1) is 42.7. The van der Waals surface area contributed by atoms with Crippen molar-refractivity contribution in [2.45, 2.75) is 150 Å². The molecule has 3 atom stereocenters. The van der Waals surface area contributed by atoms with Crippen molar-refractivity contribution in [1.29, 1.82) is 0 Å². The minimum atomic E-state index is -5.07. The molecule has 0 saturated heterocycles. The van der Waals surface area contributed by atoms with Crippen LogP contribution in [-0.4, -0.2) is 5.92 Å². The van der Waals surface area contributed by atoms with Gasteiger partial charge in [-0.15, -0.1) is 0 Å². The Kier molecular flexibility index (Phi) is 13.7. The third-order valence-electron chi connectivity index (χ3n) is 15.4. The normalized spacial score (nSPS) is 21.6. The second kappa shape index (κ2) is 18.6. The molecule has 8 rings (SSSR count). The monoisotopic (exact) mass is 905 g/mol. The van der Waals surface area contributed by atoms with E-state index in [9.17, 15) is 17.0 Å². The van der Waals surface area contributed by atoms with Gasteiger partial charge in [0.1, 0.15) is 0 Å². The number of halogens is 2. The number of hydrogen-bond donors (Lipinski definition) is 0.